The Hall–Kier alpha value is -4.58. The van der Waals surface area contributed by atoms with Crippen LogP contribution < -0.4 is 15.4 Å². The fraction of sp³-hybridized carbons (Fsp3) is 0.133. The van der Waals surface area contributed by atoms with Gasteiger partial charge in [-0.2, -0.15) is 0 Å². The molecule has 1 atom stereocenters. The number of fused-ring (bicyclic) bond motifs is 1. The number of urea groups is 1. The molecule has 0 bridgehead atoms. The zero-order valence-corrected chi connectivity index (χ0v) is 19.9. The Morgan fingerprint density at radius 3 is 2.36 bits per heavy atom. The van der Waals surface area contributed by atoms with E-state index in [-0.39, 0.29) is 12.6 Å². The molecule has 0 saturated carbocycles. The number of rotatable bonds is 7. The van der Waals surface area contributed by atoms with Crippen molar-refractivity contribution in [3.8, 4) is 5.75 Å². The highest BCUT2D eigenvalue weighted by Crippen LogP contribution is 2.33. The number of hydrogen-bond donors (Lipinski definition) is 2. The van der Waals surface area contributed by atoms with Crippen LogP contribution in [0.15, 0.2) is 103 Å². The molecule has 0 radical (unpaired) electrons. The smallest absolute Gasteiger partial charge is 0.338 e. The van der Waals surface area contributed by atoms with Crippen molar-refractivity contribution in [1.29, 1.82) is 0 Å². The van der Waals surface area contributed by atoms with Gasteiger partial charge in [-0.3, -0.25) is 0 Å². The Morgan fingerprint density at radius 2 is 1.58 bits per heavy atom. The van der Waals surface area contributed by atoms with E-state index in [1.165, 1.54) is 5.39 Å². The van der Waals surface area contributed by atoms with E-state index >= 15 is 0 Å². The van der Waals surface area contributed by atoms with Gasteiger partial charge in [-0.15, -0.1) is 0 Å². The van der Waals surface area contributed by atoms with E-state index in [0.717, 1.165) is 22.1 Å². The van der Waals surface area contributed by atoms with Crippen LogP contribution in [-0.4, -0.2) is 18.6 Å². The first-order chi connectivity index (χ1) is 17.6. The van der Waals surface area contributed by atoms with E-state index in [2.05, 4.69) is 34.9 Å². The molecule has 0 aliphatic carbocycles. The number of carbonyl (C=O) groups is 2. The van der Waals surface area contributed by atoms with Gasteiger partial charge in [0.2, 0.25) is 0 Å². The molecule has 4 aromatic carbocycles. The lowest BCUT2D eigenvalue weighted by Crippen LogP contribution is -2.45. The third-order valence-corrected chi connectivity index (χ3v) is 6.12. The number of benzene rings is 4. The molecule has 2 amide bonds. The molecule has 5 rings (SSSR count). The number of nitrogens with one attached hydrogen (secondary N) is 2. The van der Waals surface area contributed by atoms with E-state index in [4.69, 9.17) is 9.47 Å². The Labute approximate surface area is 209 Å². The lowest BCUT2D eigenvalue weighted by atomic mass is 9.92. The summed E-state index contributed by atoms with van der Waals surface area (Å²) in [6.45, 7) is 2.41. The highest BCUT2D eigenvalue weighted by atomic mass is 16.5. The van der Waals surface area contributed by atoms with Crippen LogP contribution in [0.4, 0.5) is 4.79 Å². The van der Waals surface area contributed by atoms with E-state index in [9.17, 15) is 9.59 Å². The Morgan fingerprint density at radius 1 is 0.861 bits per heavy atom. The number of esters is 1. The monoisotopic (exact) mass is 478 g/mol. The summed E-state index contributed by atoms with van der Waals surface area (Å²) in [5.74, 6) is 0.210. The quantitative estimate of drug-likeness (QED) is 0.332. The van der Waals surface area contributed by atoms with Crippen LogP contribution in [0.5, 0.6) is 5.75 Å². The van der Waals surface area contributed by atoms with E-state index in [0.29, 0.717) is 23.6 Å². The molecule has 0 aromatic heterocycles. The molecule has 6 nitrogen and oxygen atoms in total. The molecule has 1 aliphatic rings. The van der Waals surface area contributed by atoms with Crippen LogP contribution in [0.1, 0.15) is 29.7 Å². The van der Waals surface area contributed by atoms with Gasteiger partial charge >= 0.3 is 12.0 Å². The summed E-state index contributed by atoms with van der Waals surface area (Å²) >= 11 is 0. The number of ether oxygens (including phenoxy) is 2. The van der Waals surface area contributed by atoms with E-state index < -0.39 is 12.0 Å². The van der Waals surface area contributed by atoms with Gasteiger partial charge in [-0.05, 0) is 46.5 Å². The van der Waals surface area contributed by atoms with Crippen molar-refractivity contribution in [2.24, 2.45) is 0 Å². The standard InChI is InChI=1S/C30H26N2O4/c1-2-35-29(33)26-27(21-10-4-3-5-11-21)31-30(34)32-28(26)22-15-17-24(18-16-22)36-19-23-13-8-12-20-9-6-7-14-25(20)23/h3-18,28H,2,19H2,1H3,(H2,31,32,34)/t28-/m1/s1. The van der Waals surface area contributed by atoms with Crippen molar-refractivity contribution in [3.63, 3.8) is 0 Å². The second-order valence-electron chi connectivity index (χ2n) is 8.40. The highest BCUT2D eigenvalue weighted by molar-refractivity contribution is 6.04. The third-order valence-electron chi connectivity index (χ3n) is 6.12. The van der Waals surface area contributed by atoms with Crippen LogP contribution in [0.25, 0.3) is 16.5 Å². The van der Waals surface area contributed by atoms with Gasteiger partial charge in [0.05, 0.1) is 23.9 Å². The first-order valence-corrected chi connectivity index (χ1v) is 11.9. The summed E-state index contributed by atoms with van der Waals surface area (Å²) in [7, 11) is 0. The van der Waals surface area contributed by atoms with Gasteiger partial charge < -0.3 is 20.1 Å². The molecular formula is C30H26N2O4. The van der Waals surface area contributed by atoms with Crippen LogP contribution in [-0.2, 0) is 16.1 Å². The molecule has 1 heterocycles. The Bertz CT molecular complexity index is 1420. The van der Waals surface area contributed by atoms with Crippen LogP contribution in [0.2, 0.25) is 0 Å². The van der Waals surface area contributed by atoms with Gasteiger partial charge in [0.1, 0.15) is 12.4 Å². The predicted octanol–water partition coefficient (Wildman–Crippen LogP) is 5.75. The van der Waals surface area contributed by atoms with Gasteiger partial charge in [-0.1, -0.05) is 84.9 Å². The second-order valence-corrected chi connectivity index (χ2v) is 8.40. The number of amides is 2. The summed E-state index contributed by atoms with van der Waals surface area (Å²) in [6, 6.07) is 30.0. The molecular weight excluding hydrogens is 452 g/mol. The SMILES string of the molecule is CCOC(=O)C1=C(c2ccccc2)NC(=O)N[C@@H]1c1ccc(OCc2cccc3ccccc23)cc1. The Kier molecular flexibility index (Phi) is 6.67. The molecule has 180 valence electrons. The summed E-state index contributed by atoms with van der Waals surface area (Å²) in [5.41, 5.74) is 3.38. The summed E-state index contributed by atoms with van der Waals surface area (Å²) in [5, 5.41) is 7.99. The van der Waals surface area contributed by atoms with Crippen molar-refractivity contribution in [2.45, 2.75) is 19.6 Å². The number of carbonyl (C=O) groups excluding carboxylic acids is 2. The lowest BCUT2D eigenvalue weighted by Gasteiger charge is -2.29. The molecule has 36 heavy (non-hydrogen) atoms. The molecule has 0 saturated heterocycles. The number of hydrogen-bond acceptors (Lipinski definition) is 4. The van der Waals surface area contributed by atoms with Gasteiger partial charge in [0.15, 0.2) is 0 Å². The first kappa shape index (κ1) is 23.2. The average molecular weight is 479 g/mol. The zero-order chi connectivity index (χ0) is 24.9. The maximum Gasteiger partial charge on any atom is 0.338 e. The fourth-order valence-electron chi connectivity index (χ4n) is 4.41. The second kappa shape index (κ2) is 10.4. The minimum absolute atomic E-state index is 0.228. The third kappa shape index (κ3) is 4.79. The largest absolute Gasteiger partial charge is 0.489 e. The Balaban J connectivity index is 1.42. The summed E-state index contributed by atoms with van der Waals surface area (Å²) in [6.07, 6.45) is 0. The van der Waals surface area contributed by atoms with Crippen molar-refractivity contribution in [2.75, 3.05) is 6.61 Å². The average Bonchev–Trinajstić information content (AvgIpc) is 2.92. The minimum atomic E-state index is -0.667. The van der Waals surface area contributed by atoms with Crippen molar-refractivity contribution >= 4 is 28.5 Å². The van der Waals surface area contributed by atoms with Crippen LogP contribution in [0, 0.1) is 0 Å². The topological polar surface area (TPSA) is 76.7 Å². The summed E-state index contributed by atoms with van der Waals surface area (Å²) in [4.78, 5) is 25.6. The van der Waals surface area contributed by atoms with Gasteiger partial charge in [0.25, 0.3) is 0 Å². The van der Waals surface area contributed by atoms with E-state index in [1.54, 1.807) is 6.92 Å². The molecule has 6 heteroatoms. The zero-order valence-electron chi connectivity index (χ0n) is 19.9. The van der Waals surface area contributed by atoms with E-state index in [1.807, 2.05) is 72.8 Å². The molecule has 0 spiro atoms. The molecule has 4 aromatic rings. The van der Waals surface area contributed by atoms with Crippen molar-refractivity contribution in [3.05, 3.63) is 119 Å². The molecule has 1 aliphatic heterocycles. The first-order valence-electron chi connectivity index (χ1n) is 11.9. The maximum atomic E-state index is 13.0. The molecule has 0 unspecified atom stereocenters. The minimum Gasteiger partial charge on any atom is -0.489 e. The lowest BCUT2D eigenvalue weighted by molar-refractivity contribution is -0.138. The van der Waals surface area contributed by atoms with Gasteiger partial charge in [-0.25, -0.2) is 9.59 Å². The highest BCUT2D eigenvalue weighted by Gasteiger charge is 2.34. The van der Waals surface area contributed by atoms with Crippen molar-refractivity contribution in [1.82, 2.24) is 10.6 Å². The van der Waals surface area contributed by atoms with Crippen LogP contribution >= 0.6 is 0 Å². The molecule has 2 N–H and O–H groups in total. The fourth-order valence-corrected chi connectivity index (χ4v) is 4.41. The summed E-state index contributed by atoms with van der Waals surface area (Å²) < 4.78 is 11.4. The van der Waals surface area contributed by atoms with Crippen LogP contribution in [0.3, 0.4) is 0 Å². The maximum absolute atomic E-state index is 13.0. The predicted molar refractivity (Wildman–Crippen MR) is 139 cm³/mol. The molecule has 0 fully saturated rings. The normalized spacial score (nSPS) is 15.2. The van der Waals surface area contributed by atoms with Crippen molar-refractivity contribution < 1.29 is 19.1 Å². The van der Waals surface area contributed by atoms with Gasteiger partial charge in [0, 0.05) is 0 Å².